The summed E-state index contributed by atoms with van der Waals surface area (Å²) in [5.74, 6) is -0.580. The maximum Gasteiger partial charge on any atom is 0.416 e. The highest BCUT2D eigenvalue weighted by molar-refractivity contribution is 7.92. The van der Waals surface area contributed by atoms with E-state index >= 15 is 0 Å². The zero-order chi connectivity index (χ0) is 19.5. The number of rotatable bonds is 5. The van der Waals surface area contributed by atoms with E-state index in [-0.39, 0.29) is 16.1 Å². The van der Waals surface area contributed by atoms with Crippen LogP contribution in [0.15, 0.2) is 53.4 Å². The molecule has 1 amide bonds. The molecular formula is C16H15F3N2O4S. The quantitative estimate of drug-likeness (QED) is 0.799. The molecule has 0 heterocycles. The third-order valence-electron chi connectivity index (χ3n) is 3.39. The second-order valence-electron chi connectivity index (χ2n) is 5.20. The lowest BCUT2D eigenvalue weighted by atomic mass is 10.2. The van der Waals surface area contributed by atoms with Crippen molar-refractivity contribution >= 4 is 21.6 Å². The topological polar surface area (TPSA) is 75.7 Å². The van der Waals surface area contributed by atoms with Gasteiger partial charge in [-0.15, -0.1) is 0 Å². The Morgan fingerprint density at radius 3 is 2.38 bits per heavy atom. The van der Waals surface area contributed by atoms with Gasteiger partial charge >= 0.3 is 6.18 Å². The number of carbonyl (C=O) groups is 1. The third kappa shape index (κ3) is 4.52. The van der Waals surface area contributed by atoms with Crippen LogP contribution in [0.4, 0.5) is 18.9 Å². The standard InChI is InChI=1S/C16H15F3N2O4S/c1-21(25-2)15(22)11-5-3-8-14(9-11)26(23,24)20-13-7-4-6-12(10-13)16(17,18)19/h3-10,20H,1-2H3. The molecule has 1 N–H and O–H groups in total. The summed E-state index contributed by atoms with van der Waals surface area (Å²) in [6.45, 7) is 0. The number of hydroxylamine groups is 2. The van der Waals surface area contributed by atoms with Crippen LogP contribution in [-0.4, -0.2) is 33.5 Å². The number of hydrogen-bond acceptors (Lipinski definition) is 4. The summed E-state index contributed by atoms with van der Waals surface area (Å²) in [6, 6.07) is 8.86. The van der Waals surface area contributed by atoms with Crippen molar-refractivity contribution in [3.05, 3.63) is 59.7 Å². The van der Waals surface area contributed by atoms with Crippen LogP contribution in [0, 0.1) is 0 Å². The van der Waals surface area contributed by atoms with Crippen LogP contribution in [-0.2, 0) is 21.0 Å². The molecule has 0 fully saturated rings. The average Bonchev–Trinajstić information content (AvgIpc) is 2.59. The number of nitrogens with one attached hydrogen (secondary N) is 1. The maximum atomic E-state index is 12.7. The summed E-state index contributed by atoms with van der Waals surface area (Å²) in [5.41, 5.74) is -1.19. The molecule has 0 atom stereocenters. The molecule has 0 saturated carbocycles. The highest BCUT2D eigenvalue weighted by Gasteiger charge is 2.30. The number of anilines is 1. The van der Waals surface area contributed by atoms with E-state index in [1.807, 2.05) is 0 Å². The molecule has 0 aromatic heterocycles. The zero-order valence-corrected chi connectivity index (χ0v) is 14.6. The van der Waals surface area contributed by atoms with Gasteiger partial charge in [-0.05, 0) is 36.4 Å². The summed E-state index contributed by atoms with van der Waals surface area (Å²) in [6.07, 6.45) is -4.60. The van der Waals surface area contributed by atoms with Crippen LogP contribution >= 0.6 is 0 Å². The van der Waals surface area contributed by atoms with Crippen molar-refractivity contribution in [2.45, 2.75) is 11.1 Å². The Kier molecular flexibility index (Phi) is 5.57. The molecule has 0 aliphatic rings. The first kappa shape index (κ1) is 19.7. The van der Waals surface area contributed by atoms with Crippen molar-refractivity contribution in [3.63, 3.8) is 0 Å². The first-order chi connectivity index (χ1) is 12.0. The second kappa shape index (κ2) is 7.34. The van der Waals surface area contributed by atoms with Gasteiger partial charge in [0, 0.05) is 18.3 Å². The van der Waals surface area contributed by atoms with Crippen LogP contribution < -0.4 is 4.72 Å². The van der Waals surface area contributed by atoms with Gasteiger partial charge in [0.05, 0.1) is 17.6 Å². The van der Waals surface area contributed by atoms with Gasteiger partial charge in [-0.1, -0.05) is 12.1 Å². The molecule has 2 aromatic carbocycles. The van der Waals surface area contributed by atoms with E-state index < -0.39 is 27.7 Å². The average molecular weight is 388 g/mol. The maximum absolute atomic E-state index is 12.7. The second-order valence-corrected chi connectivity index (χ2v) is 6.88. The largest absolute Gasteiger partial charge is 0.416 e. The van der Waals surface area contributed by atoms with Gasteiger partial charge in [0.15, 0.2) is 0 Å². The Labute approximate surface area is 148 Å². The van der Waals surface area contributed by atoms with E-state index in [9.17, 15) is 26.4 Å². The van der Waals surface area contributed by atoms with Crippen LogP contribution in [0.1, 0.15) is 15.9 Å². The van der Waals surface area contributed by atoms with E-state index in [4.69, 9.17) is 4.84 Å². The zero-order valence-electron chi connectivity index (χ0n) is 13.7. The fourth-order valence-corrected chi connectivity index (χ4v) is 3.13. The minimum Gasteiger partial charge on any atom is -0.280 e. The molecule has 140 valence electrons. The summed E-state index contributed by atoms with van der Waals surface area (Å²) < 4.78 is 65.2. The number of alkyl halides is 3. The molecule has 0 aliphatic heterocycles. The van der Waals surface area contributed by atoms with Crippen molar-refractivity contribution in [3.8, 4) is 0 Å². The van der Waals surface area contributed by atoms with Crippen molar-refractivity contribution in [2.75, 3.05) is 18.9 Å². The summed E-state index contributed by atoms with van der Waals surface area (Å²) in [5, 5.41) is 0.909. The molecule has 26 heavy (non-hydrogen) atoms. The van der Waals surface area contributed by atoms with Crippen LogP contribution in [0.2, 0.25) is 0 Å². The normalized spacial score (nSPS) is 11.9. The first-order valence-corrected chi connectivity index (χ1v) is 8.65. The molecule has 0 bridgehead atoms. The molecular weight excluding hydrogens is 373 g/mol. The number of carbonyl (C=O) groups excluding carboxylic acids is 1. The Hall–Kier alpha value is -2.59. The lowest BCUT2D eigenvalue weighted by Crippen LogP contribution is -2.25. The van der Waals surface area contributed by atoms with E-state index in [0.717, 1.165) is 23.3 Å². The van der Waals surface area contributed by atoms with Gasteiger partial charge in [-0.2, -0.15) is 13.2 Å². The molecule has 10 heteroatoms. The van der Waals surface area contributed by atoms with E-state index in [1.165, 1.54) is 38.4 Å². The van der Waals surface area contributed by atoms with Crippen LogP contribution in [0.25, 0.3) is 0 Å². The fourth-order valence-electron chi connectivity index (χ4n) is 2.03. The Bertz CT molecular complexity index is 914. The monoisotopic (exact) mass is 388 g/mol. The predicted molar refractivity (Wildman–Crippen MR) is 87.8 cm³/mol. The summed E-state index contributed by atoms with van der Waals surface area (Å²) in [7, 11) is -1.57. The minimum absolute atomic E-state index is 0.0428. The first-order valence-electron chi connectivity index (χ1n) is 7.17. The van der Waals surface area contributed by atoms with Gasteiger partial charge in [0.2, 0.25) is 0 Å². The number of benzene rings is 2. The molecule has 0 aliphatic carbocycles. The van der Waals surface area contributed by atoms with Gasteiger partial charge in [-0.25, -0.2) is 13.5 Å². The van der Waals surface area contributed by atoms with Crippen molar-refractivity contribution in [1.82, 2.24) is 5.06 Å². The van der Waals surface area contributed by atoms with Crippen molar-refractivity contribution in [2.24, 2.45) is 0 Å². The van der Waals surface area contributed by atoms with E-state index in [1.54, 1.807) is 0 Å². The number of halogens is 3. The summed E-state index contributed by atoms with van der Waals surface area (Å²) >= 11 is 0. The van der Waals surface area contributed by atoms with Crippen molar-refractivity contribution in [1.29, 1.82) is 0 Å². The molecule has 0 radical (unpaired) electrons. The van der Waals surface area contributed by atoms with Gasteiger partial charge in [0.25, 0.3) is 15.9 Å². The van der Waals surface area contributed by atoms with E-state index in [2.05, 4.69) is 4.72 Å². The number of hydrogen-bond donors (Lipinski definition) is 1. The van der Waals surface area contributed by atoms with Crippen LogP contribution in [0.3, 0.4) is 0 Å². The fraction of sp³-hybridized carbons (Fsp3) is 0.188. The molecule has 0 unspecified atom stereocenters. The Morgan fingerprint density at radius 1 is 1.12 bits per heavy atom. The minimum atomic E-state index is -4.60. The third-order valence-corrected chi connectivity index (χ3v) is 4.77. The molecule has 2 aromatic rings. The molecule has 2 rings (SSSR count). The predicted octanol–water partition coefficient (Wildman–Crippen LogP) is 3.14. The van der Waals surface area contributed by atoms with Crippen LogP contribution in [0.5, 0.6) is 0 Å². The lowest BCUT2D eigenvalue weighted by molar-refractivity contribution is -0.137. The number of nitrogens with zero attached hydrogens (tertiary/aromatic N) is 1. The van der Waals surface area contributed by atoms with Gasteiger partial charge < -0.3 is 0 Å². The molecule has 6 nitrogen and oxygen atoms in total. The molecule has 0 saturated heterocycles. The number of amides is 1. The molecule has 0 spiro atoms. The SMILES string of the molecule is CON(C)C(=O)c1cccc(S(=O)(=O)Nc2cccc(C(F)(F)F)c2)c1. The smallest absolute Gasteiger partial charge is 0.280 e. The Balaban J connectivity index is 2.33. The number of sulfonamides is 1. The Morgan fingerprint density at radius 2 is 1.77 bits per heavy atom. The van der Waals surface area contributed by atoms with Crippen molar-refractivity contribution < 1.29 is 31.2 Å². The van der Waals surface area contributed by atoms with E-state index in [0.29, 0.717) is 6.07 Å². The summed E-state index contributed by atoms with van der Waals surface area (Å²) in [4.78, 5) is 16.5. The highest BCUT2D eigenvalue weighted by Crippen LogP contribution is 2.31. The highest BCUT2D eigenvalue weighted by atomic mass is 32.2. The van der Waals surface area contributed by atoms with Gasteiger partial charge in [-0.3, -0.25) is 14.4 Å². The van der Waals surface area contributed by atoms with Gasteiger partial charge in [0.1, 0.15) is 0 Å². The lowest BCUT2D eigenvalue weighted by Gasteiger charge is -2.15.